The molecule has 2 N–H and O–H groups in total. The number of nitrogens with zero attached hydrogens (tertiary/aromatic N) is 3. The molecule has 0 aliphatic heterocycles. The Bertz CT molecular complexity index is 479. The summed E-state index contributed by atoms with van der Waals surface area (Å²) < 4.78 is 1.59. The third kappa shape index (κ3) is 3.30. The lowest BCUT2D eigenvalue weighted by molar-refractivity contribution is -0.116. The molecule has 2 aromatic rings. The molecule has 0 radical (unpaired) electrons. The van der Waals surface area contributed by atoms with E-state index in [2.05, 4.69) is 15.4 Å². The maximum atomic E-state index is 11.6. The van der Waals surface area contributed by atoms with Crippen molar-refractivity contribution in [3.05, 3.63) is 36.9 Å². The van der Waals surface area contributed by atoms with Crippen LogP contribution in [0.4, 0.5) is 5.69 Å². The summed E-state index contributed by atoms with van der Waals surface area (Å²) in [7, 11) is 0. The number of benzene rings is 1. The van der Waals surface area contributed by atoms with Gasteiger partial charge in [-0.25, -0.2) is 4.98 Å². The number of aromatic nitrogens is 3. The number of anilines is 1. The fourth-order valence-corrected chi connectivity index (χ4v) is 1.33. The van der Waals surface area contributed by atoms with E-state index >= 15 is 0 Å². The first-order valence-electron chi connectivity index (χ1n) is 5.15. The molecule has 1 heterocycles. The van der Waals surface area contributed by atoms with Crippen LogP contribution in [0.25, 0.3) is 0 Å². The minimum absolute atomic E-state index is 0.105. The summed E-state index contributed by atoms with van der Waals surface area (Å²) in [4.78, 5) is 15.3. The molecule has 6 nitrogen and oxygen atoms in total. The molecule has 0 aliphatic rings. The van der Waals surface area contributed by atoms with Gasteiger partial charge in [-0.2, -0.15) is 5.10 Å². The van der Waals surface area contributed by atoms with Gasteiger partial charge in [-0.05, 0) is 24.3 Å². The first kappa shape index (κ1) is 11.1. The van der Waals surface area contributed by atoms with Crippen LogP contribution in [0.5, 0.6) is 5.75 Å². The molecule has 0 spiro atoms. The summed E-state index contributed by atoms with van der Waals surface area (Å²) in [6.07, 6.45) is 3.32. The molecule has 0 saturated carbocycles. The van der Waals surface area contributed by atoms with E-state index in [0.717, 1.165) is 0 Å². The highest BCUT2D eigenvalue weighted by Gasteiger charge is 2.03. The van der Waals surface area contributed by atoms with Crippen LogP contribution in [-0.2, 0) is 11.3 Å². The average Bonchev–Trinajstić information content (AvgIpc) is 2.83. The smallest absolute Gasteiger partial charge is 0.226 e. The zero-order valence-corrected chi connectivity index (χ0v) is 9.08. The lowest BCUT2D eigenvalue weighted by Gasteiger charge is -2.05. The molecule has 1 amide bonds. The van der Waals surface area contributed by atoms with Gasteiger partial charge in [0.1, 0.15) is 18.4 Å². The van der Waals surface area contributed by atoms with E-state index < -0.39 is 0 Å². The lowest BCUT2D eigenvalue weighted by Crippen LogP contribution is -2.14. The molecule has 1 aromatic carbocycles. The molecule has 0 fully saturated rings. The van der Waals surface area contributed by atoms with Crippen LogP contribution in [0.2, 0.25) is 0 Å². The summed E-state index contributed by atoms with van der Waals surface area (Å²) in [5.41, 5.74) is 0.659. The Morgan fingerprint density at radius 2 is 2.12 bits per heavy atom. The van der Waals surface area contributed by atoms with Gasteiger partial charge in [-0.3, -0.25) is 9.48 Å². The van der Waals surface area contributed by atoms with Gasteiger partial charge in [0.25, 0.3) is 0 Å². The zero-order valence-electron chi connectivity index (χ0n) is 9.08. The standard InChI is InChI=1S/C11H12N4O2/c16-10-3-1-9(2-4-10)14-11(17)5-6-15-8-12-7-13-15/h1-4,7-8,16H,5-6H2,(H,14,17). The molecular formula is C11H12N4O2. The van der Waals surface area contributed by atoms with Crippen molar-refractivity contribution in [3.8, 4) is 5.75 Å². The number of phenolic OH excluding ortho intramolecular Hbond substituents is 1. The van der Waals surface area contributed by atoms with Crippen molar-refractivity contribution >= 4 is 11.6 Å². The third-order valence-electron chi connectivity index (χ3n) is 2.19. The van der Waals surface area contributed by atoms with Gasteiger partial charge in [0.05, 0.1) is 6.54 Å². The van der Waals surface area contributed by atoms with Crippen LogP contribution >= 0.6 is 0 Å². The van der Waals surface area contributed by atoms with Crippen LogP contribution in [0.15, 0.2) is 36.9 Å². The molecule has 17 heavy (non-hydrogen) atoms. The van der Waals surface area contributed by atoms with Crippen LogP contribution < -0.4 is 5.32 Å². The normalized spacial score (nSPS) is 10.1. The second-order valence-corrected chi connectivity index (χ2v) is 3.50. The Kier molecular flexibility index (Phi) is 3.34. The predicted octanol–water partition coefficient (Wildman–Crippen LogP) is 1.01. The maximum Gasteiger partial charge on any atom is 0.226 e. The number of carbonyl (C=O) groups is 1. The zero-order chi connectivity index (χ0) is 12.1. The van der Waals surface area contributed by atoms with Crippen molar-refractivity contribution in [2.45, 2.75) is 13.0 Å². The second-order valence-electron chi connectivity index (χ2n) is 3.50. The van der Waals surface area contributed by atoms with Crippen LogP contribution in [0.3, 0.4) is 0 Å². The number of nitrogens with one attached hydrogen (secondary N) is 1. The number of phenols is 1. The Hall–Kier alpha value is -2.37. The number of aromatic hydroxyl groups is 1. The minimum Gasteiger partial charge on any atom is -0.508 e. The Labute approximate surface area is 97.9 Å². The first-order valence-corrected chi connectivity index (χ1v) is 5.15. The third-order valence-corrected chi connectivity index (χ3v) is 2.19. The molecule has 6 heteroatoms. The Morgan fingerprint density at radius 3 is 2.76 bits per heavy atom. The van der Waals surface area contributed by atoms with Crippen molar-refractivity contribution < 1.29 is 9.90 Å². The van der Waals surface area contributed by atoms with Crippen molar-refractivity contribution in [3.63, 3.8) is 0 Å². The van der Waals surface area contributed by atoms with E-state index in [1.807, 2.05) is 0 Å². The Morgan fingerprint density at radius 1 is 1.35 bits per heavy atom. The minimum atomic E-state index is -0.105. The highest BCUT2D eigenvalue weighted by molar-refractivity contribution is 5.90. The summed E-state index contributed by atoms with van der Waals surface area (Å²) in [6.45, 7) is 0.490. The molecule has 0 bridgehead atoms. The van der Waals surface area contributed by atoms with Gasteiger partial charge in [-0.15, -0.1) is 0 Å². The van der Waals surface area contributed by atoms with Crippen molar-refractivity contribution in [2.24, 2.45) is 0 Å². The van der Waals surface area contributed by atoms with E-state index in [-0.39, 0.29) is 11.7 Å². The number of aryl methyl sites for hydroxylation is 1. The number of hydrogen-bond acceptors (Lipinski definition) is 4. The van der Waals surface area contributed by atoms with Gasteiger partial charge < -0.3 is 10.4 Å². The molecule has 2 rings (SSSR count). The molecule has 0 aliphatic carbocycles. The van der Waals surface area contributed by atoms with E-state index in [1.54, 1.807) is 23.1 Å². The van der Waals surface area contributed by atoms with Crippen molar-refractivity contribution in [2.75, 3.05) is 5.32 Å². The van der Waals surface area contributed by atoms with Gasteiger partial charge in [0.15, 0.2) is 0 Å². The number of amides is 1. The molecule has 0 atom stereocenters. The summed E-state index contributed by atoms with van der Waals surface area (Å²) in [6, 6.07) is 6.32. The monoisotopic (exact) mass is 232 g/mol. The predicted molar refractivity (Wildman–Crippen MR) is 61.4 cm³/mol. The Balaban J connectivity index is 1.83. The number of hydrogen-bond donors (Lipinski definition) is 2. The van der Waals surface area contributed by atoms with Gasteiger partial charge in [0, 0.05) is 12.1 Å². The van der Waals surface area contributed by atoms with Gasteiger partial charge >= 0.3 is 0 Å². The second kappa shape index (κ2) is 5.11. The summed E-state index contributed by atoms with van der Waals surface area (Å²) in [5, 5.41) is 15.7. The summed E-state index contributed by atoms with van der Waals surface area (Å²) >= 11 is 0. The van der Waals surface area contributed by atoms with Gasteiger partial charge in [-0.1, -0.05) is 0 Å². The molecule has 88 valence electrons. The van der Waals surface area contributed by atoms with Crippen LogP contribution in [-0.4, -0.2) is 25.8 Å². The highest BCUT2D eigenvalue weighted by Crippen LogP contribution is 2.13. The average molecular weight is 232 g/mol. The molecular weight excluding hydrogens is 220 g/mol. The SMILES string of the molecule is O=C(CCn1cncn1)Nc1ccc(O)cc1. The van der Waals surface area contributed by atoms with Gasteiger partial charge in [0.2, 0.25) is 5.91 Å². The molecule has 0 saturated heterocycles. The lowest BCUT2D eigenvalue weighted by atomic mass is 10.3. The van der Waals surface area contributed by atoms with E-state index in [0.29, 0.717) is 18.7 Å². The largest absolute Gasteiger partial charge is 0.508 e. The topological polar surface area (TPSA) is 80.0 Å². The van der Waals surface area contributed by atoms with Crippen LogP contribution in [0, 0.1) is 0 Å². The molecule has 1 aromatic heterocycles. The number of carbonyl (C=O) groups excluding carboxylic acids is 1. The first-order chi connectivity index (χ1) is 8.24. The maximum absolute atomic E-state index is 11.6. The fraction of sp³-hybridized carbons (Fsp3) is 0.182. The number of rotatable bonds is 4. The van der Waals surface area contributed by atoms with E-state index in [1.165, 1.54) is 18.5 Å². The van der Waals surface area contributed by atoms with Crippen molar-refractivity contribution in [1.29, 1.82) is 0 Å². The van der Waals surface area contributed by atoms with Crippen LogP contribution in [0.1, 0.15) is 6.42 Å². The highest BCUT2D eigenvalue weighted by atomic mass is 16.3. The summed E-state index contributed by atoms with van der Waals surface area (Å²) in [5.74, 6) is 0.0665. The van der Waals surface area contributed by atoms with Crippen molar-refractivity contribution in [1.82, 2.24) is 14.8 Å². The quantitative estimate of drug-likeness (QED) is 0.771. The van der Waals surface area contributed by atoms with E-state index in [9.17, 15) is 4.79 Å². The van der Waals surface area contributed by atoms with E-state index in [4.69, 9.17) is 5.11 Å². The fourth-order valence-electron chi connectivity index (χ4n) is 1.33. The molecule has 0 unspecified atom stereocenters.